The molecule has 0 radical (unpaired) electrons. The van der Waals surface area contributed by atoms with Crippen molar-refractivity contribution < 1.29 is 19.2 Å². The molecule has 0 aliphatic heterocycles. The molecular formula is C15H18N2O4. The van der Waals surface area contributed by atoms with Crippen LogP contribution in [0.3, 0.4) is 0 Å². The van der Waals surface area contributed by atoms with Gasteiger partial charge in [0.1, 0.15) is 5.75 Å². The first-order valence-corrected chi connectivity index (χ1v) is 6.84. The third kappa shape index (κ3) is 4.59. The van der Waals surface area contributed by atoms with E-state index in [-0.39, 0.29) is 6.42 Å². The zero-order valence-electron chi connectivity index (χ0n) is 11.9. The van der Waals surface area contributed by atoms with Crippen LogP contribution in [-0.4, -0.2) is 28.3 Å². The molecule has 0 aliphatic rings. The molecule has 1 aromatic heterocycles. The van der Waals surface area contributed by atoms with Gasteiger partial charge >= 0.3 is 5.97 Å². The number of methoxy groups -OCH3 is 1. The van der Waals surface area contributed by atoms with Crippen molar-refractivity contribution in [2.75, 3.05) is 7.11 Å². The lowest BCUT2D eigenvalue weighted by atomic mass is 10.1. The number of ether oxygens (including phenoxy) is 1. The Labute approximate surface area is 122 Å². The highest BCUT2D eigenvalue weighted by Crippen LogP contribution is 2.20. The van der Waals surface area contributed by atoms with Crippen LogP contribution < -0.4 is 4.74 Å². The van der Waals surface area contributed by atoms with E-state index in [9.17, 15) is 4.79 Å². The number of aryl methyl sites for hydroxylation is 1. The van der Waals surface area contributed by atoms with Crippen molar-refractivity contribution in [1.29, 1.82) is 0 Å². The van der Waals surface area contributed by atoms with Crippen LogP contribution in [0.25, 0.3) is 0 Å². The molecule has 0 saturated carbocycles. The fourth-order valence-corrected chi connectivity index (χ4v) is 2.04. The molecule has 0 atom stereocenters. The highest BCUT2D eigenvalue weighted by atomic mass is 16.5. The summed E-state index contributed by atoms with van der Waals surface area (Å²) in [7, 11) is 1.63. The number of carbonyl (C=O) groups is 1. The molecule has 2 rings (SSSR count). The largest absolute Gasteiger partial charge is 0.496 e. The summed E-state index contributed by atoms with van der Waals surface area (Å²) in [6.45, 7) is 0. The molecule has 0 unspecified atom stereocenters. The molecule has 112 valence electrons. The van der Waals surface area contributed by atoms with E-state index in [0.717, 1.165) is 17.7 Å². The lowest BCUT2D eigenvalue weighted by Crippen LogP contribution is -1.96. The lowest BCUT2D eigenvalue weighted by Gasteiger charge is -2.04. The van der Waals surface area contributed by atoms with Gasteiger partial charge in [0.05, 0.1) is 7.11 Å². The summed E-state index contributed by atoms with van der Waals surface area (Å²) in [6, 6.07) is 7.70. The van der Waals surface area contributed by atoms with E-state index in [1.54, 1.807) is 7.11 Å². The summed E-state index contributed by atoms with van der Waals surface area (Å²) >= 11 is 0. The molecule has 0 aliphatic carbocycles. The van der Waals surface area contributed by atoms with Gasteiger partial charge in [0.25, 0.3) is 0 Å². The minimum atomic E-state index is -0.780. The standard InChI is InChI=1S/C15H18N2O4/c1-20-12-7-3-2-6-11(12)10-13-16-14(21-17-13)8-4-5-9-15(18)19/h2-3,6-7H,4-5,8-10H2,1H3,(H,18,19). The second-order valence-electron chi connectivity index (χ2n) is 4.69. The minimum absolute atomic E-state index is 0.169. The van der Waals surface area contributed by atoms with Gasteiger partial charge in [-0.15, -0.1) is 0 Å². The van der Waals surface area contributed by atoms with Gasteiger partial charge in [-0.2, -0.15) is 4.98 Å². The van der Waals surface area contributed by atoms with Crippen molar-refractivity contribution in [3.05, 3.63) is 41.5 Å². The summed E-state index contributed by atoms with van der Waals surface area (Å²) in [5.41, 5.74) is 0.998. The predicted octanol–water partition coefficient (Wildman–Crippen LogP) is 2.47. The van der Waals surface area contributed by atoms with Crippen molar-refractivity contribution in [2.45, 2.75) is 32.1 Å². The Hall–Kier alpha value is -2.37. The average molecular weight is 290 g/mol. The molecule has 1 heterocycles. The zero-order chi connectivity index (χ0) is 15.1. The zero-order valence-corrected chi connectivity index (χ0v) is 11.9. The van der Waals surface area contributed by atoms with Crippen LogP contribution in [0.2, 0.25) is 0 Å². The maximum atomic E-state index is 10.4. The van der Waals surface area contributed by atoms with Crippen molar-refractivity contribution in [3.8, 4) is 5.75 Å². The van der Waals surface area contributed by atoms with E-state index < -0.39 is 5.97 Å². The average Bonchev–Trinajstić information content (AvgIpc) is 2.91. The second kappa shape index (κ2) is 7.42. The summed E-state index contributed by atoms with van der Waals surface area (Å²) in [4.78, 5) is 14.7. The topological polar surface area (TPSA) is 85.5 Å². The lowest BCUT2D eigenvalue weighted by molar-refractivity contribution is -0.137. The fourth-order valence-electron chi connectivity index (χ4n) is 2.04. The summed E-state index contributed by atoms with van der Waals surface area (Å²) in [6.07, 6.45) is 2.65. The van der Waals surface area contributed by atoms with Crippen LogP contribution in [0.1, 0.15) is 36.5 Å². The second-order valence-corrected chi connectivity index (χ2v) is 4.69. The maximum absolute atomic E-state index is 10.4. The normalized spacial score (nSPS) is 10.5. The molecule has 6 nitrogen and oxygen atoms in total. The Morgan fingerprint density at radius 2 is 2.14 bits per heavy atom. The Balaban J connectivity index is 1.89. The minimum Gasteiger partial charge on any atom is -0.496 e. The third-order valence-corrected chi connectivity index (χ3v) is 3.08. The van der Waals surface area contributed by atoms with Crippen molar-refractivity contribution in [2.24, 2.45) is 0 Å². The SMILES string of the molecule is COc1ccccc1Cc1noc(CCCCC(=O)O)n1. The molecule has 1 aromatic carbocycles. The number of benzene rings is 1. The number of nitrogens with zero attached hydrogens (tertiary/aromatic N) is 2. The summed E-state index contributed by atoms with van der Waals surface area (Å²) in [5.74, 6) is 1.17. The van der Waals surface area contributed by atoms with Crippen LogP contribution in [0.5, 0.6) is 5.75 Å². The molecule has 21 heavy (non-hydrogen) atoms. The summed E-state index contributed by atoms with van der Waals surface area (Å²) in [5, 5.41) is 12.5. The van der Waals surface area contributed by atoms with E-state index >= 15 is 0 Å². The monoisotopic (exact) mass is 290 g/mol. The van der Waals surface area contributed by atoms with Gasteiger partial charge in [-0.1, -0.05) is 23.4 Å². The van der Waals surface area contributed by atoms with Gasteiger partial charge in [0, 0.05) is 24.8 Å². The van der Waals surface area contributed by atoms with Gasteiger partial charge in [0.15, 0.2) is 5.82 Å². The highest BCUT2D eigenvalue weighted by molar-refractivity contribution is 5.66. The molecule has 2 aromatic rings. The van der Waals surface area contributed by atoms with Gasteiger partial charge in [-0.25, -0.2) is 0 Å². The van der Waals surface area contributed by atoms with Crippen LogP contribution in [0, 0.1) is 0 Å². The van der Waals surface area contributed by atoms with Crippen LogP contribution >= 0.6 is 0 Å². The van der Waals surface area contributed by atoms with E-state index in [2.05, 4.69) is 10.1 Å². The van der Waals surface area contributed by atoms with Crippen LogP contribution in [0.15, 0.2) is 28.8 Å². The van der Waals surface area contributed by atoms with Gasteiger partial charge in [0.2, 0.25) is 5.89 Å². The molecule has 1 N–H and O–H groups in total. The number of carboxylic acid groups (broad SMARTS) is 1. The molecule has 0 bridgehead atoms. The van der Waals surface area contributed by atoms with Gasteiger partial charge in [-0.3, -0.25) is 4.79 Å². The predicted molar refractivity (Wildman–Crippen MR) is 75.3 cm³/mol. The van der Waals surface area contributed by atoms with E-state index in [0.29, 0.717) is 31.0 Å². The molecular weight excluding hydrogens is 272 g/mol. The number of aliphatic carboxylic acids is 1. The van der Waals surface area contributed by atoms with E-state index in [4.69, 9.17) is 14.4 Å². The Kier molecular flexibility index (Phi) is 5.31. The van der Waals surface area contributed by atoms with Gasteiger partial charge in [-0.05, 0) is 18.9 Å². The quantitative estimate of drug-likeness (QED) is 0.752. The number of carboxylic acids is 1. The summed E-state index contributed by atoms with van der Waals surface area (Å²) < 4.78 is 10.5. The first kappa shape index (κ1) is 15.0. The molecule has 0 amide bonds. The number of unbranched alkanes of at least 4 members (excludes halogenated alkanes) is 1. The third-order valence-electron chi connectivity index (χ3n) is 3.08. The van der Waals surface area contributed by atoms with Crippen molar-refractivity contribution >= 4 is 5.97 Å². The molecule has 0 fully saturated rings. The number of hydrogen-bond acceptors (Lipinski definition) is 5. The maximum Gasteiger partial charge on any atom is 0.303 e. The number of rotatable bonds is 8. The van der Waals surface area contributed by atoms with Crippen molar-refractivity contribution in [3.63, 3.8) is 0 Å². The smallest absolute Gasteiger partial charge is 0.303 e. The van der Waals surface area contributed by atoms with Crippen molar-refractivity contribution in [1.82, 2.24) is 10.1 Å². The number of para-hydroxylation sites is 1. The Morgan fingerprint density at radius 1 is 1.33 bits per heavy atom. The molecule has 6 heteroatoms. The van der Waals surface area contributed by atoms with E-state index in [1.807, 2.05) is 24.3 Å². The van der Waals surface area contributed by atoms with Crippen LogP contribution in [0.4, 0.5) is 0 Å². The molecule has 0 spiro atoms. The number of aromatic nitrogens is 2. The first-order chi connectivity index (χ1) is 10.2. The Bertz CT molecular complexity index is 595. The first-order valence-electron chi connectivity index (χ1n) is 6.84. The van der Waals surface area contributed by atoms with Crippen LogP contribution in [-0.2, 0) is 17.6 Å². The fraction of sp³-hybridized carbons (Fsp3) is 0.400. The highest BCUT2D eigenvalue weighted by Gasteiger charge is 2.10. The number of hydrogen-bond donors (Lipinski definition) is 1. The van der Waals surface area contributed by atoms with Gasteiger partial charge < -0.3 is 14.4 Å². The Morgan fingerprint density at radius 3 is 2.90 bits per heavy atom. The van der Waals surface area contributed by atoms with E-state index in [1.165, 1.54) is 0 Å². The molecule has 0 saturated heterocycles.